The topological polar surface area (TPSA) is 77.8 Å². The first-order chi connectivity index (χ1) is 3.15. The fourth-order valence-corrected chi connectivity index (χ4v) is 0. The van der Waals surface area contributed by atoms with Gasteiger partial charge in [0.05, 0.1) is 0 Å². The van der Waals surface area contributed by atoms with Crippen molar-refractivity contribution in [2.45, 2.75) is 6.92 Å². The van der Waals surface area contributed by atoms with Gasteiger partial charge in [0.1, 0.15) is 0 Å². The minimum absolute atomic E-state index is 0. The molecule has 48 valence electrons. The molecule has 0 heterocycles. The van der Waals surface area contributed by atoms with Crippen molar-refractivity contribution >= 4 is 40.9 Å². The molecule has 0 radical (unpaired) electrons. The molecule has 0 amide bonds. The molecule has 0 saturated carbocycles. The summed E-state index contributed by atoms with van der Waals surface area (Å²) in [5.74, 6) is 0. The Labute approximate surface area is 72.7 Å². The molecule has 0 fully saturated rings. The van der Waals surface area contributed by atoms with Crippen LogP contribution >= 0.6 is 0 Å². The summed E-state index contributed by atoms with van der Waals surface area (Å²) in [5, 5.41) is 7.57. The summed E-state index contributed by atoms with van der Waals surface area (Å²) in [6, 6.07) is 0. The molecule has 6 heteroatoms. The average Bonchev–Trinajstić information content (AvgIpc) is 1.33. The van der Waals surface area contributed by atoms with Crippen molar-refractivity contribution in [2.24, 2.45) is 0 Å². The molecule has 0 aromatic carbocycles. The van der Waals surface area contributed by atoms with Gasteiger partial charge in [-0.2, -0.15) is 4.21 Å². The van der Waals surface area contributed by atoms with Gasteiger partial charge in [0, 0.05) is 6.61 Å². The molecule has 4 nitrogen and oxygen atoms in total. The molecule has 0 aliphatic heterocycles. The number of hydrogen-bond acceptors (Lipinski definition) is 2. The van der Waals surface area contributed by atoms with E-state index in [1.807, 2.05) is 0 Å². The van der Waals surface area contributed by atoms with Crippen LogP contribution in [0.2, 0.25) is 0 Å². The molecule has 0 unspecified atom stereocenters. The van der Waals surface area contributed by atoms with E-state index in [9.17, 15) is 0 Å². The van der Waals surface area contributed by atoms with Crippen LogP contribution in [0.5, 0.6) is 0 Å². The molecule has 0 rings (SSSR count). The van der Waals surface area contributed by atoms with Crippen LogP contribution in [0, 0.1) is 0 Å². The maximum atomic E-state index is 8.67. The van der Waals surface area contributed by atoms with Crippen molar-refractivity contribution < 1.29 is 18.4 Å². The predicted octanol–water partition coefficient (Wildman–Crippen LogP) is -0.969. The Bertz CT molecular complexity index is 45.3. The van der Waals surface area contributed by atoms with Crippen molar-refractivity contribution in [2.75, 3.05) is 6.61 Å². The van der Waals surface area contributed by atoms with E-state index < -0.39 is 11.4 Å². The van der Waals surface area contributed by atoms with E-state index in [2.05, 4.69) is 0 Å². The van der Waals surface area contributed by atoms with E-state index in [1.54, 1.807) is 6.92 Å². The van der Waals surface area contributed by atoms with Crippen LogP contribution in [0.15, 0.2) is 0 Å². The van der Waals surface area contributed by atoms with E-state index in [-0.39, 0.29) is 36.2 Å². The van der Waals surface area contributed by atoms with Gasteiger partial charge in [0.15, 0.2) is 0 Å². The van der Waals surface area contributed by atoms with Crippen molar-refractivity contribution in [3.63, 3.8) is 0 Å². The Balaban J connectivity index is -0.0000000575. The second-order valence-electron chi connectivity index (χ2n) is 0.547. The molecule has 0 aromatic rings. The average molecular weight is 152 g/mol. The third kappa shape index (κ3) is 241. The molecule has 0 aliphatic rings. The van der Waals surface area contributed by atoms with Crippen molar-refractivity contribution in [1.29, 1.82) is 0 Å². The van der Waals surface area contributed by atoms with Crippen molar-refractivity contribution in [3.05, 3.63) is 0 Å². The second kappa shape index (κ2) is 15.7. The van der Waals surface area contributed by atoms with Gasteiger partial charge in [-0.05, 0) is 6.92 Å². The first-order valence-corrected chi connectivity index (χ1v) is 2.62. The third-order valence-electron chi connectivity index (χ3n) is 0. The van der Waals surface area contributed by atoms with Crippen LogP contribution in [0.4, 0.5) is 0 Å². The van der Waals surface area contributed by atoms with Gasteiger partial charge in [-0.25, -0.2) is 0 Å². The number of rotatable bonds is 0. The van der Waals surface area contributed by atoms with Gasteiger partial charge < -0.3 is 5.11 Å². The summed E-state index contributed by atoms with van der Waals surface area (Å²) >= 11 is -2.61. The molecular weight excluding hydrogens is 143 g/mol. The summed E-state index contributed by atoms with van der Waals surface area (Å²) in [6.45, 7) is 1.93. The Morgan fingerprint density at radius 2 is 1.50 bits per heavy atom. The van der Waals surface area contributed by atoms with Crippen LogP contribution in [0.25, 0.3) is 0 Å². The van der Waals surface area contributed by atoms with E-state index in [1.165, 1.54) is 0 Å². The van der Waals surface area contributed by atoms with Gasteiger partial charge in [0.2, 0.25) is 0 Å². The fourth-order valence-electron chi connectivity index (χ4n) is 0. The van der Waals surface area contributed by atoms with Gasteiger partial charge >= 0.3 is 29.6 Å². The summed E-state index contributed by atoms with van der Waals surface area (Å²) in [7, 11) is 0. The minimum atomic E-state index is -2.61. The summed E-state index contributed by atoms with van der Waals surface area (Å²) < 4.78 is 22.8. The van der Waals surface area contributed by atoms with E-state index in [0.717, 1.165) is 0 Å². The Kier molecular flexibility index (Phi) is 31.4. The van der Waals surface area contributed by atoms with Crippen LogP contribution < -0.4 is 0 Å². The molecule has 0 bridgehead atoms. The monoisotopic (exact) mass is 152 g/mol. The first kappa shape index (κ1) is 16.0. The standard InChI is InChI=1S/C2H6O.Na.H2O3S.H/c1-2-3;;1-4(2)3;/h3H,2H2,1H3;;(H2,1,2,3);. The Hall–Kier alpha value is 1.03. The zero-order valence-corrected chi connectivity index (χ0v) is 4.68. The molecule has 0 spiro atoms. The van der Waals surface area contributed by atoms with Crippen LogP contribution in [0.3, 0.4) is 0 Å². The summed E-state index contributed by atoms with van der Waals surface area (Å²) in [4.78, 5) is 0. The zero-order chi connectivity index (χ0) is 6.28. The molecule has 0 saturated heterocycles. The maximum absolute atomic E-state index is 8.67. The SMILES string of the molecule is CCO.O=S(O)O.[NaH]. The van der Waals surface area contributed by atoms with Gasteiger partial charge in [-0.3, -0.25) is 9.11 Å². The second-order valence-corrected chi connectivity index (χ2v) is 1.01. The number of aliphatic hydroxyl groups excluding tert-OH is 1. The fraction of sp³-hybridized carbons (Fsp3) is 1.00. The van der Waals surface area contributed by atoms with Gasteiger partial charge in [-0.15, -0.1) is 0 Å². The molecule has 0 aliphatic carbocycles. The number of hydrogen-bond donors (Lipinski definition) is 3. The molecule has 0 atom stereocenters. The van der Waals surface area contributed by atoms with E-state index >= 15 is 0 Å². The van der Waals surface area contributed by atoms with E-state index in [4.69, 9.17) is 18.4 Å². The van der Waals surface area contributed by atoms with Crippen molar-refractivity contribution in [3.8, 4) is 0 Å². The normalized spacial score (nSPS) is 6.62. The molecule has 3 N–H and O–H groups in total. The Morgan fingerprint density at radius 3 is 1.50 bits per heavy atom. The summed E-state index contributed by atoms with van der Waals surface area (Å²) in [6.07, 6.45) is 0. The quantitative estimate of drug-likeness (QED) is 0.308. The van der Waals surface area contributed by atoms with Gasteiger partial charge in [-0.1, -0.05) is 0 Å². The molecular formula is C2H9NaO4S. The first-order valence-electron chi connectivity index (χ1n) is 1.56. The predicted molar refractivity (Wildman–Crippen MR) is 33.3 cm³/mol. The van der Waals surface area contributed by atoms with Crippen LogP contribution in [-0.2, 0) is 11.4 Å². The molecule has 8 heavy (non-hydrogen) atoms. The summed E-state index contributed by atoms with van der Waals surface area (Å²) in [5.41, 5.74) is 0. The number of aliphatic hydroxyl groups is 1. The third-order valence-corrected chi connectivity index (χ3v) is 0. The van der Waals surface area contributed by atoms with E-state index in [0.29, 0.717) is 0 Å². The zero-order valence-electron chi connectivity index (χ0n) is 3.87. The van der Waals surface area contributed by atoms with Crippen molar-refractivity contribution in [1.82, 2.24) is 0 Å². The van der Waals surface area contributed by atoms with Crippen LogP contribution in [-0.4, -0.2) is 54.6 Å². The van der Waals surface area contributed by atoms with Gasteiger partial charge in [0.25, 0.3) is 11.4 Å². The molecule has 0 aromatic heterocycles. The Morgan fingerprint density at radius 1 is 1.50 bits per heavy atom. The van der Waals surface area contributed by atoms with Crippen LogP contribution in [0.1, 0.15) is 6.92 Å².